The fourth-order valence-corrected chi connectivity index (χ4v) is 2.62. The van der Waals surface area contributed by atoms with Gasteiger partial charge in [0.15, 0.2) is 0 Å². The highest BCUT2D eigenvalue weighted by atomic mass is 32.1. The number of nitrogens with zero attached hydrogens (tertiary/aromatic N) is 2. The zero-order valence-corrected chi connectivity index (χ0v) is 14.0. The Labute approximate surface area is 130 Å². The number of carbonyl (C=O) groups is 2. The van der Waals surface area contributed by atoms with E-state index in [1.807, 2.05) is 13.8 Å². The van der Waals surface area contributed by atoms with E-state index in [1.165, 1.54) is 0 Å². The van der Waals surface area contributed by atoms with Gasteiger partial charge in [-0.1, -0.05) is 19.8 Å². The Morgan fingerprint density at radius 3 is 2.62 bits per heavy atom. The molecule has 0 aliphatic heterocycles. The first-order valence-electron chi connectivity index (χ1n) is 7.44. The molecule has 0 spiro atoms. The van der Waals surface area contributed by atoms with Crippen LogP contribution in [0.4, 0.5) is 0 Å². The lowest BCUT2D eigenvalue weighted by Crippen LogP contribution is -2.38. The summed E-state index contributed by atoms with van der Waals surface area (Å²) in [6, 6.07) is 0.113. The number of hydrogen-bond donors (Lipinski definition) is 0. The molecule has 21 heavy (non-hydrogen) atoms. The van der Waals surface area contributed by atoms with Gasteiger partial charge in [0.2, 0.25) is 5.01 Å². The molecule has 0 aromatic carbocycles. The molecule has 0 bridgehead atoms. The minimum atomic E-state index is -0.469. The molecule has 1 rings (SSSR count). The van der Waals surface area contributed by atoms with Crippen molar-refractivity contribution in [3.05, 3.63) is 16.1 Å². The van der Waals surface area contributed by atoms with Gasteiger partial charge in [0.1, 0.15) is 5.69 Å². The molecule has 1 aromatic rings. The maximum absolute atomic E-state index is 12.5. The van der Waals surface area contributed by atoms with Gasteiger partial charge in [-0.3, -0.25) is 4.79 Å². The zero-order valence-electron chi connectivity index (χ0n) is 13.2. The van der Waals surface area contributed by atoms with Crippen molar-refractivity contribution >= 4 is 23.2 Å². The summed E-state index contributed by atoms with van der Waals surface area (Å²) in [5, 5.41) is 1.86. The second-order valence-corrected chi connectivity index (χ2v) is 5.92. The third-order valence-corrected chi connectivity index (χ3v) is 3.88. The van der Waals surface area contributed by atoms with Crippen LogP contribution in [0.3, 0.4) is 0 Å². The van der Waals surface area contributed by atoms with Gasteiger partial charge in [-0.2, -0.15) is 0 Å². The Hall–Kier alpha value is -1.43. The number of unbranched alkanes of at least 4 members (excludes halogenated alkanes) is 2. The van der Waals surface area contributed by atoms with E-state index >= 15 is 0 Å². The van der Waals surface area contributed by atoms with E-state index < -0.39 is 5.97 Å². The Kier molecular flexibility index (Phi) is 7.36. The predicted octanol–water partition coefficient (Wildman–Crippen LogP) is 3.36. The molecule has 0 fully saturated rings. The average molecular weight is 312 g/mol. The molecule has 0 aliphatic rings. The van der Waals surface area contributed by atoms with Crippen molar-refractivity contribution in [2.75, 3.05) is 13.2 Å². The fraction of sp³-hybridized carbons (Fsp3) is 0.667. The smallest absolute Gasteiger partial charge is 0.367 e. The summed E-state index contributed by atoms with van der Waals surface area (Å²) in [7, 11) is 0. The largest absolute Gasteiger partial charge is 0.461 e. The van der Waals surface area contributed by atoms with Crippen LogP contribution >= 0.6 is 11.3 Å². The predicted molar refractivity (Wildman–Crippen MR) is 83.8 cm³/mol. The highest BCUT2D eigenvalue weighted by molar-refractivity contribution is 7.11. The van der Waals surface area contributed by atoms with E-state index in [-0.39, 0.29) is 17.0 Å². The fourth-order valence-electron chi connectivity index (χ4n) is 1.93. The van der Waals surface area contributed by atoms with Crippen molar-refractivity contribution in [3.8, 4) is 0 Å². The molecule has 0 saturated heterocycles. The SMILES string of the molecule is CCCCCN(C(=O)c1csc(C(=O)OCC)n1)C(C)C. The topological polar surface area (TPSA) is 59.5 Å². The summed E-state index contributed by atoms with van der Waals surface area (Å²) in [6.45, 7) is 8.87. The summed E-state index contributed by atoms with van der Waals surface area (Å²) < 4.78 is 4.89. The van der Waals surface area contributed by atoms with Crippen LogP contribution in [0, 0.1) is 0 Å². The van der Waals surface area contributed by atoms with Gasteiger partial charge in [-0.05, 0) is 27.2 Å². The van der Waals surface area contributed by atoms with Crippen molar-refractivity contribution in [2.45, 2.75) is 53.0 Å². The first-order valence-corrected chi connectivity index (χ1v) is 8.32. The van der Waals surface area contributed by atoms with Crippen LogP contribution < -0.4 is 0 Å². The molecule has 0 unspecified atom stereocenters. The van der Waals surface area contributed by atoms with Crippen LogP contribution in [0.1, 0.15) is 67.2 Å². The molecule has 1 heterocycles. The Bertz CT molecular complexity index is 471. The second-order valence-electron chi connectivity index (χ2n) is 5.06. The normalized spacial score (nSPS) is 10.7. The van der Waals surface area contributed by atoms with Gasteiger partial charge in [-0.15, -0.1) is 11.3 Å². The molecular weight excluding hydrogens is 288 g/mol. The number of ether oxygens (including phenoxy) is 1. The number of amides is 1. The van der Waals surface area contributed by atoms with E-state index in [9.17, 15) is 9.59 Å². The molecule has 6 heteroatoms. The third kappa shape index (κ3) is 5.12. The summed E-state index contributed by atoms with van der Waals surface area (Å²) >= 11 is 1.15. The molecule has 118 valence electrons. The number of carbonyl (C=O) groups excluding carboxylic acids is 2. The number of aromatic nitrogens is 1. The lowest BCUT2D eigenvalue weighted by Gasteiger charge is -2.26. The van der Waals surface area contributed by atoms with Gasteiger partial charge >= 0.3 is 5.97 Å². The zero-order chi connectivity index (χ0) is 15.8. The van der Waals surface area contributed by atoms with Crippen molar-refractivity contribution < 1.29 is 14.3 Å². The van der Waals surface area contributed by atoms with E-state index in [1.54, 1.807) is 17.2 Å². The second kappa shape index (κ2) is 8.77. The van der Waals surface area contributed by atoms with E-state index in [4.69, 9.17) is 4.74 Å². The van der Waals surface area contributed by atoms with E-state index in [2.05, 4.69) is 11.9 Å². The van der Waals surface area contributed by atoms with Gasteiger partial charge in [0.25, 0.3) is 5.91 Å². The minimum Gasteiger partial charge on any atom is -0.461 e. The molecule has 1 amide bonds. The van der Waals surface area contributed by atoms with Gasteiger partial charge < -0.3 is 9.64 Å². The first-order chi connectivity index (χ1) is 10.0. The highest BCUT2D eigenvalue weighted by Gasteiger charge is 2.22. The maximum atomic E-state index is 12.5. The Morgan fingerprint density at radius 2 is 2.05 bits per heavy atom. The van der Waals surface area contributed by atoms with Crippen LogP contribution in [0.2, 0.25) is 0 Å². The summed E-state index contributed by atoms with van der Waals surface area (Å²) in [6.07, 6.45) is 3.20. The van der Waals surface area contributed by atoms with Crippen LogP contribution in [-0.4, -0.2) is 41.0 Å². The van der Waals surface area contributed by atoms with Crippen molar-refractivity contribution in [2.24, 2.45) is 0 Å². The molecule has 0 radical (unpaired) electrons. The summed E-state index contributed by atoms with van der Waals surface area (Å²) in [5.74, 6) is -0.587. The van der Waals surface area contributed by atoms with Crippen LogP contribution in [-0.2, 0) is 4.74 Å². The monoisotopic (exact) mass is 312 g/mol. The Balaban J connectivity index is 2.77. The number of hydrogen-bond acceptors (Lipinski definition) is 5. The van der Waals surface area contributed by atoms with Crippen LogP contribution in [0.5, 0.6) is 0 Å². The molecule has 0 atom stereocenters. The molecule has 1 aromatic heterocycles. The van der Waals surface area contributed by atoms with Gasteiger partial charge in [-0.25, -0.2) is 9.78 Å². The molecule has 0 saturated carbocycles. The van der Waals surface area contributed by atoms with Crippen LogP contribution in [0.15, 0.2) is 5.38 Å². The quantitative estimate of drug-likeness (QED) is 0.545. The van der Waals surface area contributed by atoms with E-state index in [0.717, 1.165) is 37.1 Å². The van der Waals surface area contributed by atoms with Gasteiger partial charge in [0, 0.05) is 18.0 Å². The third-order valence-electron chi connectivity index (χ3n) is 3.06. The van der Waals surface area contributed by atoms with Crippen molar-refractivity contribution in [1.82, 2.24) is 9.88 Å². The molecule has 5 nitrogen and oxygen atoms in total. The summed E-state index contributed by atoms with van der Waals surface area (Å²) in [5.41, 5.74) is 0.327. The van der Waals surface area contributed by atoms with Crippen molar-refractivity contribution in [3.63, 3.8) is 0 Å². The number of thiazole rings is 1. The number of esters is 1. The summed E-state index contributed by atoms with van der Waals surface area (Å²) in [4.78, 5) is 30.0. The van der Waals surface area contributed by atoms with Crippen LogP contribution in [0.25, 0.3) is 0 Å². The lowest BCUT2D eigenvalue weighted by atomic mass is 10.2. The average Bonchev–Trinajstić information content (AvgIpc) is 2.92. The highest BCUT2D eigenvalue weighted by Crippen LogP contribution is 2.15. The van der Waals surface area contributed by atoms with Gasteiger partial charge in [0.05, 0.1) is 6.61 Å². The standard InChI is InChI=1S/C15H24N2O3S/c1-5-7-8-9-17(11(3)4)14(18)12-10-21-13(16-12)15(19)20-6-2/h10-11H,5-9H2,1-4H3. The maximum Gasteiger partial charge on any atom is 0.367 e. The molecular formula is C15H24N2O3S. The Morgan fingerprint density at radius 1 is 1.33 bits per heavy atom. The number of rotatable bonds is 8. The van der Waals surface area contributed by atoms with E-state index in [0.29, 0.717) is 12.3 Å². The molecule has 0 aliphatic carbocycles. The molecule has 0 N–H and O–H groups in total. The first kappa shape index (κ1) is 17.6. The minimum absolute atomic E-state index is 0.113. The lowest BCUT2D eigenvalue weighted by molar-refractivity contribution is 0.0526. The van der Waals surface area contributed by atoms with Crippen molar-refractivity contribution in [1.29, 1.82) is 0 Å².